The van der Waals surface area contributed by atoms with E-state index in [1.807, 2.05) is 13.8 Å². The number of nitro benzene ring substituents is 1. The van der Waals surface area contributed by atoms with Gasteiger partial charge in [0.05, 0.1) is 11.0 Å². The van der Waals surface area contributed by atoms with Crippen LogP contribution in [0.5, 0.6) is 0 Å². The maximum absolute atomic E-state index is 10.9. The van der Waals surface area contributed by atoms with Crippen molar-refractivity contribution in [3.63, 3.8) is 0 Å². The number of rotatable bonds is 5. The Balaban J connectivity index is 2.94. The van der Waals surface area contributed by atoms with Crippen molar-refractivity contribution in [3.8, 4) is 0 Å². The van der Waals surface area contributed by atoms with Crippen LogP contribution in [0.15, 0.2) is 18.2 Å². The van der Waals surface area contributed by atoms with Gasteiger partial charge in [-0.15, -0.1) is 0 Å². The Labute approximate surface area is 105 Å². The van der Waals surface area contributed by atoms with Gasteiger partial charge in [-0.25, -0.2) is 0 Å². The highest BCUT2D eigenvalue weighted by Gasteiger charge is 2.18. The van der Waals surface area contributed by atoms with Gasteiger partial charge in [-0.05, 0) is 26.0 Å². The molecule has 0 saturated carbocycles. The van der Waals surface area contributed by atoms with Crippen molar-refractivity contribution >= 4 is 23.0 Å². The number of hydrogen-bond donors (Lipinski definition) is 1. The van der Waals surface area contributed by atoms with Gasteiger partial charge < -0.3 is 10.1 Å². The Morgan fingerprint density at radius 1 is 1.47 bits per heavy atom. The van der Waals surface area contributed by atoms with Crippen LogP contribution in [0.4, 0.5) is 11.4 Å². The zero-order valence-electron chi connectivity index (χ0n) is 9.94. The van der Waals surface area contributed by atoms with Gasteiger partial charge in [0.15, 0.2) is 0 Å². The van der Waals surface area contributed by atoms with E-state index in [0.29, 0.717) is 10.7 Å². The standard InChI is InChI=1S/C11H15ClN2O3/c1-7(8(2)17-3)13-10-5-4-9(12)6-11(10)14(15)16/h4-8,13H,1-3H3. The van der Waals surface area contributed by atoms with Gasteiger partial charge in [0.1, 0.15) is 5.69 Å². The number of ether oxygens (including phenoxy) is 1. The summed E-state index contributed by atoms with van der Waals surface area (Å²) in [5.41, 5.74) is 0.406. The summed E-state index contributed by atoms with van der Waals surface area (Å²) in [4.78, 5) is 10.4. The molecule has 94 valence electrons. The molecular formula is C11H15ClN2O3. The van der Waals surface area contributed by atoms with Crippen molar-refractivity contribution in [2.45, 2.75) is 26.0 Å². The molecule has 0 saturated heterocycles. The molecule has 5 nitrogen and oxygen atoms in total. The van der Waals surface area contributed by atoms with Crippen molar-refractivity contribution in [1.82, 2.24) is 0 Å². The van der Waals surface area contributed by atoms with Crippen LogP contribution in [0.1, 0.15) is 13.8 Å². The molecule has 2 unspecified atom stereocenters. The molecule has 0 heterocycles. The molecule has 0 radical (unpaired) electrons. The molecule has 1 aromatic rings. The van der Waals surface area contributed by atoms with E-state index in [2.05, 4.69) is 5.32 Å². The smallest absolute Gasteiger partial charge is 0.293 e. The highest BCUT2D eigenvalue weighted by Crippen LogP contribution is 2.28. The van der Waals surface area contributed by atoms with Gasteiger partial charge in [0.25, 0.3) is 5.69 Å². The second-order valence-electron chi connectivity index (χ2n) is 3.79. The number of benzene rings is 1. The summed E-state index contributed by atoms with van der Waals surface area (Å²) >= 11 is 5.73. The van der Waals surface area contributed by atoms with Gasteiger partial charge in [-0.1, -0.05) is 11.6 Å². The third kappa shape index (κ3) is 3.57. The van der Waals surface area contributed by atoms with Gasteiger partial charge >= 0.3 is 0 Å². The second-order valence-corrected chi connectivity index (χ2v) is 4.23. The molecule has 0 aromatic heterocycles. The first kappa shape index (κ1) is 13.7. The summed E-state index contributed by atoms with van der Waals surface area (Å²) in [6.07, 6.45) is -0.0507. The third-order valence-electron chi connectivity index (χ3n) is 2.62. The van der Waals surface area contributed by atoms with E-state index >= 15 is 0 Å². The van der Waals surface area contributed by atoms with E-state index < -0.39 is 4.92 Å². The minimum atomic E-state index is -0.460. The lowest BCUT2D eigenvalue weighted by molar-refractivity contribution is -0.384. The zero-order valence-corrected chi connectivity index (χ0v) is 10.7. The van der Waals surface area contributed by atoms with E-state index in [1.54, 1.807) is 19.2 Å². The van der Waals surface area contributed by atoms with Gasteiger partial charge in [0, 0.05) is 24.2 Å². The predicted octanol–water partition coefficient (Wildman–Crippen LogP) is 3.08. The Morgan fingerprint density at radius 3 is 2.65 bits per heavy atom. The largest absolute Gasteiger partial charge is 0.380 e. The first-order valence-electron chi connectivity index (χ1n) is 5.19. The molecule has 0 spiro atoms. The first-order valence-corrected chi connectivity index (χ1v) is 5.56. The van der Waals surface area contributed by atoms with E-state index in [0.717, 1.165) is 0 Å². The quantitative estimate of drug-likeness (QED) is 0.651. The zero-order chi connectivity index (χ0) is 13.0. The number of hydrogen-bond acceptors (Lipinski definition) is 4. The van der Waals surface area contributed by atoms with E-state index in [9.17, 15) is 10.1 Å². The van der Waals surface area contributed by atoms with Crippen molar-refractivity contribution in [2.75, 3.05) is 12.4 Å². The lowest BCUT2D eigenvalue weighted by atomic mass is 10.2. The fourth-order valence-electron chi connectivity index (χ4n) is 1.34. The average Bonchev–Trinajstić information content (AvgIpc) is 2.29. The van der Waals surface area contributed by atoms with Crippen LogP contribution in [0.3, 0.4) is 0 Å². The molecule has 1 aromatic carbocycles. The molecule has 0 bridgehead atoms. The number of nitrogens with one attached hydrogen (secondary N) is 1. The van der Waals surface area contributed by atoms with Crippen molar-refractivity contribution in [2.24, 2.45) is 0 Å². The summed E-state index contributed by atoms with van der Waals surface area (Å²) < 4.78 is 5.15. The van der Waals surface area contributed by atoms with Crippen LogP contribution in [-0.4, -0.2) is 24.2 Å². The molecule has 2 atom stereocenters. The molecule has 0 aliphatic carbocycles. The molecule has 0 fully saturated rings. The normalized spacial score (nSPS) is 14.1. The molecule has 0 aliphatic rings. The highest BCUT2D eigenvalue weighted by molar-refractivity contribution is 6.30. The van der Waals surface area contributed by atoms with Crippen LogP contribution < -0.4 is 5.32 Å². The van der Waals surface area contributed by atoms with E-state index in [4.69, 9.17) is 16.3 Å². The minimum absolute atomic E-state index is 0.0346. The van der Waals surface area contributed by atoms with Crippen molar-refractivity contribution < 1.29 is 9.66 Å². The summed E-state index contributed by atoms with van der Waals surface area (Å²) in [5.74, 6) is 0. The van der Waals surface area contributed by atoms with E-state index in [1.165, 1.54) is 6.07 Å². The maximum Gasteiger partial charge on any atom is 0.293 e. The Morgan fingerprint density at radius 2 is 2.12 bits per heavy atom. The predicted molar refractivity (Wildman–Crippen MR) is 67.7 cm³/mol. The Kier molecular flexibility index (Phi) is 4.72. The molecule has 6 heteroatoms. The molecule has 0 amide bonds. The lowest BCUT2D eigenvalue weighted by Gasteiger charge is -2.20. The minimum Gasteiger partial charge on any atom is -0.380 e. The molecule has 17 heavy (non-hydrogen) atoms. The summed E-state index contributed by atoms with van der Waals surface area (Å²) in [6.45, 7) is 3.78. The van der Waals surface area contributed by atoms with Crippen LogP contribution in [0.2, 0.25) is 5.02 Å². The van der Waals surface area contributed by atoms with Crippen LogP contribution in [0, 0.1) is 10.1 Å². The topological polar surface area (TPSA) is 64.4 Å². The SMILES string of the molecule is COC(C)C(C)Nc1ccc(Cl)cc1[N+](=O)[O-]. The lowest BCUT2D eigenvalue weighted by Crippen LogP contribution is -2.29. The van der Waals surface area contributed by atoms with Crippen LogP contribution >= 0.6 is 11.6 Å². The number of nitrogens with zero attached hydrogens (tertiary/aromatic N) is 1. The molecular weight excluding hydrogens is 244 g/mol. The number of anilines is 1. The Bertz CT molecular complexity index is 412. The monoisotopic (exact) mass is 258 g/mol. The first-order chi connectivity index (χ1) is 7.95. The molecule has 1 N–H and O–H groups in total. The summed E-state index contributed by atoms with van der Waals surface area (Å²) in [7, 11) is 1.60. The highest BCUT2D eigenvalue weighted by atomic mass is 35.5. The average molecular weight is 259 g/mol. The second kappa shape index (κ2) is 5.84. The fraction of sp³-hybridized carbons (Fsp3) is 0.455. The summed E-state index contributed by atoms with van der Waals surface area (Å²) in [5, 5.41) is 14.3. The van der Waals surface area contributed by atoms with E-state index in [-0.39, 0.29) is 17.8 Å². The number of nitro groups is 1. The maximum atomic E-state index is 10.9. The van der Waals surface area contributed by atoms with Crippen LogP contribution in [0.25, 0.3) is 0 Å². The molecule has 1 rings (SSSR count). The van der Waals surface area contributed by atoms with Gasteiger partial charge in [-0.2, -0.15) is 0 Å². The van der Waals surface area contributed by atoms with Gasteiger partial charge in [0.2, 0.25) is 0 Å². The Hall–Kier alpha value is -1.33. The van der Waals surface area contributed by atoms with Crippen LogP contribution in [-0.2, 0) is 4.74 Å². The fourth-order valence-corrected chi connectivity index (χ4v) is 1.51. The number of halogens is 1. The van der Waals surface area contributed by atoms with Gasteiger partial charge in [-0.3, -0.25) is 10.1 Å². The summed E-state index contributed by atoms with van der Waals surface area (Å²) in [6, 6.07) is 4.49. The third-order valence-corrected chi connectivity index (χ3v) is 2.85. The van der Waals surface area contributed by atoms with Crippen molar-refractivity contribution in [3.05, 3.63) is 33.3 Å². The number of methoxy groups -OCH3 is 1. The van der Waals surface area contributed by atoms with Crippen molar-refractivity contribution in [1.29, 1.82) is 0 Å². The molecule has 0 aliphatic heterocycles.